The maximum atomic E-state index is 6.28. The highest BCUT2D eigenvalue weighted by atomic mass is 32.1. The van der Waals surface area contributed by atoms with Crippen LogP contribution < -0.4 is 4.90 Å². The number of piperidine rings is 1. The van der Waals surface area contributed by atoms with Crippen molar-refractivity contribution in [3.05, 3.63) is 27.4 Å². The predicted octanol–water partition coefficient (Wildman–Crippen LogP) is 2.78. The molecule has 0 radical (unpaired) electrons. The summed E-state index contributed by atoms with van der Waals surface area (Å²) >= 11 is 3.52. The Labute approximate surface area is 144 Å². The first kappa shape index (κ1) is 15.5. The van der Waals surface area contributed by atoms with Gasteiger partial charge in [0.1, 0.15) is 5.51 Å². The first-order valence-corrected chi connectivity index (χ1v) is 9.85. The Morgan fingerprint density at radius 3 is 3.04 bits per heavy atom. The second kappa shape index (κ2) is 6.47. The van der Waals surface area contributed by atoms with Crippen molar-refractivity contribution in [1.82, 2.24) is 15.1 Å². The summed E-state index contributed by atoms with van der Waals surface area (Å²) in [5.74, 6) is 0. The molecule has 2 aliphatic heterocycles. The third-order valence-electron chi connectivity index (χ3n) is 4.66. The van der Waals surface area contributed by atoms with Gasteiger partial charge >= 0.3 is 0 Å². The van der Waals surface area contributed by atoms with Crippen LogP contribution in [0.3, 0.4) is 0 Å². The topological polar surface area (TPSA) is 41.5 Å². The maximum Gasteiger partial charge on any atom is 0.208 e. The van der Waals surface area contributed by atoms with Gasteiger partial charge in [-0.2, -0.15) is 0 Å². The minimum Gasteiger partial charge on any atom is -0.370 e. The molecule has 1 spiro atoms. The predicted molar refractivity (Wildman–Crippen MR) is 94.4 cm³/mol. The van der Waals surface area contributed by atoms with Crippen molar-refractivity contribution in [3.8, 4) is 0 Å². The summed E-state index contributed by atoms with van der Waals surface area (Å²) in [6.07, 6.45) is 2.30. The van der Waals surface area contributed by atoms with Crippen LogP contribution in [-0.4, -0.2) is 53.5 Å². The third kappa shape index (κ3) is 3.42. The molecule has 7 heteroatoms. The number of hydrogen-bond acceptors (Lipinski definition) is 7. The van der Waals surface area contributed by atoms with Gasteiger partial charge in [0.2, 0.25) is 5.13 Å². The summed E-state index contributed by atoms with van der Waals surface area (Å²) < 4.78 is 6.28. The summed E-state index contributed by atoms with van der Waals surface area (Å²) in [5.41, 5.74) is 1.76. The molecule has 4 rings (SSSR count). The van der Waals surface area contributed by atoms with Gasteiger partial charge in [0.15, 0.2) is 0 Å². The molecule has 2 aliphatic rings. The second-order valence-electron chi connectivity index (χ2n) is 6.50. The molecule has 0 bridgehead atoms. The van der Waals surface area contributed by atoms with Crippen LogP contribution in [0, 0.1) is 6.92 Å². The van der Waals surface area contributed by atoms with E-state index in [9.17, 15) is 0 Å². The molecule has 4 heterocycles. The van der Waals surface area contributed by atoms with Crippen molar-refractivity contribution in [2.45, 2.75) is 31.9 Å². The van der Waals surface area contributed by atoms with Gasteiger partial charge < -0.3 is 9.64 Å². The summed E-state index contributed by atoms with van der Waals surface area (Å²) in [4.78, 5) is 7.75. The maximum absolute atomic E-state index is 6.28. The van der Waals surface area contributed by atoms with E-state index in [4.69, 9.17) is 4.74 Å². The molecule has 0 N–H and O–H groups in total. The van der Waals surface area contributed by atoms with Gasteiger partial charge in [-0.15, -0.1) is 21.5 Å². The monoisotopic (exact) mass is 350 g/mol. The van der Waals surface area contributed by atoms with Crippen LogP contribution in [0.15, 0.2) is 17.6 Å². The molecule has 1 atom stereocenters. The standard InChI is InChI=1S/C16H22N4OS2/c1-13-3-4-14(23-13)9-19-7-8-21-16(10-19)5-2-6-20(11-16)15-18-17-12-22-15/h3-4,12H,2,5-11H2,1H3. The van der Waals surface area contributed by atoms with Crippen molar-refractivity contribution in [2.24, 2.45) is 0 Å². The van der Waals surface area contributed by atoms with Gasteiger partial charge in [0, 0.05) is 35.9 Å². The van der Waals surface area contributed by atoms with E-state index in [-0.39, 0.29) is 5.60 Å². The molecule has 0 amide bonds. The molecule has 5 nitrogen and oxygen atoms in total. The lowest BCUT2D eigenvalue weighted by molar-refractivity contribution is -0.116. The van der Waals surface area contributed by atoms with E-state index >= 15 is 0 Å². The van der Waals surface area contributed by atoms with E-state index in [0.717, 1.165) is 57.3 Å². The number of anilines is 1. The quantitative estimate of drug-likeness (QED) is 0.851. The lowest BCUT2D eigenvalue weighted by atomic mass is 9.91. The summed E-state index contributed by atoms with van der Waals surface area (Å²) in [7, 11) is 0. The average molecular weight is 351 g/mol. The van der Waals surface area contributed by atoms with Crippen LogP contribution in [0.1, 0.15) is 22.6 Å². The number of ether oxygens (including phenoxy) is 1. The number of nitrogens with zero attached hydrogens (tertiary/aromatic N) is 4. The Morgan fingerprint density at radius 2 is 2.26 bits per heavy atom. The van der Waals surface area contributed by atoms with E-state index in [0.29, 0.717) is 0 Å². The number of thiophene rings is 1. The molecule has 2 aromatic heterocycles. The fourth-order valence-electron chi connectivity index (χ4n) is 3.66. The zero-order valence-electron chi connectivity index (χ0n) is 13.4. The number of hydrogen-bond donors (Lipinski definition) is 0. The summed E-state index contributed by atoms with van der Waals surface area (Å²) in [5, 5.41) is 9.24. The number of aromatic nitrogens is 2. The average Bonchev–Trinajstić information content (AvgIpc) is 3.19. The molecule has 0 aromatic carbocycles. The van der Waals surface area contributed by atoms with E-state index in [1.54, 1.807) is 11.3 Å². The molecule has 2 aromatic rings. The Morgan fingerprint density at radius 1 is 1.30 bits per heavy atom. The zero-order chi connectivity index (χ0) is 15.7. The molecule has 0 saturated carbocycles. The lowest BCUT2D eigenvalue weighted by Gasteiger charge is -2.48. The van der Waals surface area contributed by atoms with Crippen molar-refractivity contribution in [1.29, 1.82) is 0 Å². The van der Waals surface area contributed by atoms with Gasteiger partial charge in [-0.1, -0.05) is 11.3 Å². The largest absolute Gasteiger partial charge is 0.370 e. The van der Waals surface area contributed by atoms with Gasteiger partial charge in [-0.25, -0.2) is 0 Å². The van der Waals surface area contributed by atoms with Crippen LogP contribution in [0.25, 0.3) is 0 Å². The molecule has 2 fully saturated rings. The number of rotatable bonds is 3. The van der Waals surface area contributed by atoms with Crippen LogP contribution in [0.4, 0.5) is 5.13 Å². The van der Waals surface area contributed by atoms with Crippen molar-refractivity contribution in [2.75, 3.05) is 37.7 Å². The fourth-order valence-corrected chi connectivity index (χ4v) is 5.18. The number of morpholine rings is 1. The Hall–Kier alpha value is -1.02. The Balaban J connectivity index is 1.45. The Kier molecular flexibility index (Phi) is 4.36. The third-order valence-corrected chi connectivity index (χ3v) is 6.40. The van der Waals surface area contributed by atoms with Crippen LogP contribution in [-0.2, 0) is 11.3 Å². The Bertz CT molecular complexity index is 640. The van der Waals surface area contributed by atoms with E-state index in [1.807, 2.05) is 16.8 Å². The van der Waals surface area contributed by atoms with Gasteiger partial charge in [0.05, 0.1) is 18.8 Å². The molecule has 2 saturated heterocycles. The van der Waals surface area contributed by atoms with Crippen LogP contribution in [0.5, 0.6) is 0 Å². The lowest BCUT2D eigenvalue weighted by Crippen LogP contribution is -2.59. The SMILES string of the molecule is Cc1ccc(CN2CCOC3(CCCN(c4nncs4)C3)C2)s1. The molecular formula is C16H22N4OS2. The van der Waals surface area contributed by atoms with Crippen LogP contribution >= 0.6 is 22.7 Å². The van der Waals surface area contributed by atoms with Crippen molar-refractivity contribution < 1.29 is 4.74 Å². The highest BCUT2D eigenvalue weighted by Gasteiger charge is 2.41. The highest BCUT2D eigenvalue weighted by molar-refractivity contribution is 7.13. The van der Waals surface area contributed by atoms with Gasteiger partial charge in [-0.3, -0.25) is 4.90 Å². The van der Waals surface area contributed by atoms with Crippen molar-refractivity contribution in [3.63, 3.8) is 0 Å². The van der Waals surface area contributed by atoms with Gasteiger partial charge in [-0.05, 0) is 31.9 Å². The summed E-state index contributed by atoms with van der Waals surface area (Å²) in [6.45, 7) is 8.08. The van der Waals surface area contributed by atoms with E-state index in [1.165, 1.54) is 9.75 Å². The molecule has 1 unspecified atom stereocenters. The van der Waals surface area contributed by atoms with E-state index in [2.05, 4.69) is 39.1 Å². The molecular weight excluding hydrogens is 328 g/mol. The molecule has 124 valence electrons. The minimum absolute atomic E-state index is 0.0471. The van der Waals surface area contributed by atoms with Gasteiger partial charge in [0.25, 0.3) is 0 Å². The minimum atomic E-state index is -0.0471. The summed E-state index contributed by atoms with van der Waals surface area (Å²) in [6, 6.07) is 4.48. The van der Waals surface area contributed by atoms with Crippen molar-refractivity contribution >= 4 is 27.8 Å². The smallest absolute Gasteiger partial charge is 0.208 e. The van der Waals surface area contributed by atoms with E-state index < -0.39 is 0 Å². The first-order chi connectivity index (χ1) is 11.2. The first-order valence-electron chi connectivity index (χ1n) is 8.15. The zero-order valence-corrected chi connectivity index (χ0v) is 15.0. The molecule has 23 heavy (non-hydrogen) atoms. The molecule has 0 aliphatic carbocycles. The highest BCUT2D eigenvalue weighted by Crippen LogP contribution is 2.32. The normalized spacial score (nSPS) is 26.0. The second-order valence-corrected chi connectivity index (χ2v) is 8.69. The number of aryl methyl sites for hydroxylation is 1. The van der Waals surface area contributed by atoms with Crippen LogP contribution in [0.2, 0.25) is 0 Å². The fraction of sp³-hybridized carbons (Fsp3) is 0.625.